The van der Waals surface area contributed by atoms with Crippen molar-refractivity contribution in [2.24, 2.45) is 5.73 Å². The Labute approximate surface area is 108 Å². The van der Waals surface area contributed by atoms with Crippen molar-refractivity contribution in [1.82, 2.24) is 4.90 Å². The van der Waals surface area contributed by atoms with E-state index in [1.165, 1.54) is 12.8 Å². The van der Waals surface area contributed by atoms with Crippen molar-refractivity contribution in [3.8, 4) is 0 Å². The molecule has 0 amide bonds. The number of hydrogen-bond acceptors (Lipinski definition) is 3. The topological polar surface area (TPSA) is 42.4 Å². The highest BCUT2D eigenvalue weighted by molar-refractivity contribution is 7.80. The molecule has 0 unspecified atom stereocenters. The Bertz CT molecular complexity index is 346. The van der Waals surface area contributed by atoms with Gasteiger partial charge in [0, 0.05) is 6.04 Å². The zero-order valence-electron chi connectivity index (χ0n) is 10.1. The van der Waals surface area contributed by atoms with Gasteiger partial charge < -0.3 is 10.2 Å². The van der Waals surface area contributed by atoms with Crippen molar-refractivity contribution in [3.05, 3.63) is 24.2 Å². The van der Waals surface area contributed by atoms with Gasteiger partial charge in [-0.1, -0.05) is 12.2 Å². The largest absolute Gasteiger partial charge is 0.468 e. The van der Waals surface area contributed by atoms with E-state index >= 15 is 0 Å². The van der Waals surface area contributed by atoms with E-state index in [1.807, 2.05) is 12.1 Å². The molecule has 1 aliphatic carbocycles. The molecular formula is C13H20N2OS. The molecule has 0 radical (unpaired) electrons. The number of rotatable bonds is 8. The van der Waals surface area contributed by atoms with Crippen LogP contribution in [0.4, 0.5) is 0 Å². The molecule has 17 heavy (non-hydrogen) atoms. The van der Waals surface area contributed by atoms with Gasteiger partial charge >= 0.3 is 0 Å². The summed E-state index contributed by atoms with van der Waals surface area (Å²) >= 11 is 4.88. The van der Waals surface area contributed by atoms with Crippen molar-refractivity contribution < 1.29 is 4.42 Å². The molecule has 1 aromatic heterocycles. The van der Waals surface area contributed by atoms with Crippen LogP contribution in [-0.4, -0.2) is 22.5 Å². The number of unbranched alkanes of at least 4 members (excludes halogenated alkanes) is 1. The highest BCUT2D eigenvalue weighted by atomic mass is 32.1. The maximum Gasteiger partial charge on any atom is 0.117 e. The molecule has 94 valence electrons. The first kappa shape index (κ1) is 12.6. The third kappa shape index (κ3) is 4.48. The van der Waals surface area contributed by atoms with Gasteiger partial charge in [-0.15, -0.1) is 0 Å². The van der Waals surface area contributed by atoms with Crippen LogP contribution < -0.4 is 5.73 Å². The van der Waals surface area contributed by atoms with Crippen LogP contribution >= 0.6 is 12.2 Å². The third-order valence-electron chi connectivity index (χ3n) is 3.12. The maximum atomic E-state index is 5.49. The molecule has 2 N–H and O–H groups in total. The normalized spacial score (nSPS) is 15.4. The van der Waals surface area contributed by atoms with Gasteiger partial charge in [-0.3, -0.25) is 4.90 Å². The standard InChI is InChI=1S/C13H20N2OS/c14-13(17)5-1-2-8-15(11-6-7-11)10-12-4-3-9-16-12/h3-4,9,11H,1-2,5-8,10H2,(H2,14,17). The predicted molar refractivity (Wildman–Crippen MR) is 72.8 cm³/mol. The summed E-state index contributed by atoms with van der Waals surface area (Å²) in [5.74, 6) is 1.06. The van der Waals surface area contributed by atoms with Crippen molar-refractivity contribution in [2.75, 3.05) is 6.54 Å². The van der Waals surface area contributed by atoms with Crippen molar-refractivity contribution >= 4 is 17.2 Å². The van der Waals surface area contributed by atoms with E-state index in [0.717, 1.165) is 44.2 Å². The SMILES string of the molecule is NC(=S)CCCCN(Cc1ccco1)C1CC1. The zero-order valence-corrected chi connectivity index (χ0v) is 10.9. The minimum absolute atomic E-state index is 0.633. The van der Waals surface area contributed by atoms with Gasteiger partial charge in [0.1, 0.15) is 5.76 Å². The lowest BCUT2D eigenvalue weighted by atomic mass is 10.2. The summed E-state index contributed by atoms with van der Waals surface area (Å²) in [5, 5.41) is 0. The first-order chi connectivity index (χ1) is 8.25. The fraction of sp³-hybridized carbons (Fsp3) is 0.615. The van der Waals surface area contributed by atoms with E-state index in [1.54, 1.807) is 6.26 Å². The highest BCUT2D eigenvalue weighted by Crippen LogP contribution is 2.28. The van der Waals surface area contributed by atoms with Crippen molar-refractivity contribution in [1.29, 1.82) is 0 Å². The second-order valence-corrected chi connectivity index (χ2v) is 5.23. The Hall–Kier alpha value is -0.870. The van der Waals surface area contributed by atoms with Gasteiger partial charge in [0.15, 0.2) is 0 Å². The van der Waals surface area contributed by atoms with Crippen LogP contribution in [-0.2, 0) is 6.54 Å². The molecule has 0 saturated heterocycles. The Morgan fingerprint density at radius 2 is 2.29 bits per heavy atom. The number of furan rings is 1. The van der Waals surface area contributed by atoms with Crippen LogP contribution in [0.1, 0.15) is 37.9 Å². The maximum absolute atomic E-state index is 5.49. The smallest absolute Gasteiger partial charge is 0.117 e. The van der Waals surface area contributed by atoms with E-state index in [9.17, 15) is 0 Å². The quantitative estimate of drug-likeness (QED) is 0.570. The van der Waals surface area contributed by atoms with Gasteiger partial charge in [0.25, 0.3) is 0 Å². The molecule has 1 heterocycles. The summed E-state index contributed by atoms with van der Waals surface area (Å²) in [5.41, 5.74) is 5.49. The zero-order chi connectivity index (χ0) is 12.1. The average Bonchev–Trinajstić information content (AvgIpc) is 3.01. The second kappa shape index (κ2) is 6.17. The molecule has 0 aromatic carbocycles. The molecule has 1 aliphatic rings. The Morgan fingerprint density at radius 1 is 1.47 bits per heavy atom. The summed E-state index contributed by atoms with van der Waals surface area (Å²) < 4.78 is 5.40. The Balaban J connectivity index is 1.72. The molecule has 0 atom stereocenters. The van der Waals surface area contributed by atoms with Crippen LogP contribution in [0.15, 0.2) is 22.8 Å². The fourth-order valence-electron chi connectivity index (χ4n) is 2.05. The summed E-state index contributed by atoms with van der Waals surface area (Å²) in [6, 6.07) is 4.77. The van der Waals surface area contributed by atoms with Gasteiger partial charge in [-0.05, 0) is 50.8 Å². The van der Waals surface area contributed by atoms with Crippen molar-refractivity contribution in [2.45, 2.75) is 44.7 Å². The fourth-order valence-corrected chi connectivity index (χ4v) is 2.19. The summed E-state index contributed by atoms with van der Waals surface area (Å²) in [6.45, 7) is 2.05. The molecule has 1 saturated carbocycles. The minimum Gasteiger partial charge on any atom is -0.468 e. The van der Waals surface area contributed by atoms with E-state index < -0.39 is 0 Å². The summed E-state index contributed by atoms with van der Waals surface area (Å²) in [7, 11) is 0. The molecular weight excluding hydrogens is 232 g/mol. The number of thiocarbonyl (C=S) groups is 1. The van der Waals surface area contributed by atoms with Crippen LogP contribution in [0.3, 0.4) is 0 Å². The Kier molecular flexibility index (Phi) is 4.57. The van der Waals surface area contributed by atoms with Gasteiger partial charge in [0.05, 0.1) is 17.8 Å². The van der Waals surface area contributed by atoms with Gasteiger partial charge in [-0.25, -0.2) is 0 Å². The third-order valence-corrected chi connectivity index (χ3v) is 3.32. The Morgan fingerprint density at radius 3 is 2.88 bits per heavy atom. The first-order valence-electron chi connectivity index (χ1n) is 6.30. The van der Waals surface area contributed by atoms with Gasteiger partial charge in [-0.2, -0.15) is 0 Å². The predicted octanol–water partition coefficient (Wildman–Crippen LogP) is 2.70. The average molecular weight is 252 g/mol. The molecule has 1 fully saturated rings. The molecule has 2 rings (SSSR count). The molecule has 3 nitrogen and oxygen atoms in total. The summed E-state index contributed by atoms with van der Waals surface area (Å²) in [6.07, 6.45) is 7.53. The lowest BCUT2D eigenvalue weighted by Crippen LogP contribution is -2.26. The van der Waals surface area contributed by atoms with Crippen LogP contribution in [0, 0.1) is 0 Å². The lowest BCUT2D eigenvalue weighted by Gasteiger charge is -2.20. The lowest BCUT2D eigenvalue weighted by molar-refractivity contribution is 0.230. The minimum atomic E-state index is 0.633. The van der Waals surface area contributed by atoms with Crippen molar-refractivity contribution in [3.63, 3.8) is 0 Å². The van der Waals surface area contributed by atoms with E-state index in [2.05, 4.69) is 4.90 Å². The van der Waals surface area contributed by atoms with Crippen LogP contribution in [0.2, 0.25) is 0 Å². The number of nitrogens with two attached hydrogens (primary N) is 1. The molecule has 0 bridgehead atoms. The van der Waals surface area contributed by atoms with E-state index in [4.69, 9.17) is 22.4 Å². The number of nitrogens with zero attached hydrogens (tertiary/aromatic N) is 1. The molecule has 1 aromatic rings. The molecule has 0 aliphatic heterocycles. The van der Waals surface area contributed by atoms with Gasteiger partial charge in [0.2, 0.25) is 0 Å². The van der Waals surface area contributed by atoms with E-state index in [0.29, 0.717) is 4.99 Å². The molecule has 4 heteroatoms. The monoisotopic (exact) mass is 252 g/mol. The van der Waals surface area contributed by atoms with E-state index in [-0.39, 0.29) is 0 Å². The number of hydrogen-bond donors (Lipinski definition) is 1. The first-order valence-corrected chi connectivity index (χ1v) is 6.71. The van der Waals surface area contributed by atoms with Crippen LogP contribution in [0.25, 0.3) is 0 Å². The summed E-state index contributed by atoms with van der Waals surface area (Å²) in [4.78, 5) is 3.15. The second-order valence-electron chi connectivity index (χ2n) is 4.70. The van der Waals surface area contributed by atoms with Crippen LogP contribution in [0.5, 0.6) is 0 Å². The highest BCUT2D eigenvalue weighted by Gasteiger charge is 2.28. The molecule has 0 spiro atoms.